The highest BCUT2D eigenvalue weighted by Crippen LogP contribution is 2.66. The summed E-state index contributed by atoms with van der Waals surface area (Å²) in [5.41, 5.74) is -0.433. The van der Waals surface area contributed by atoms with Gasteiger partial charge in [-0.25, -0.2) is 0 Å². The number of rotatable bonds is 0. The SMILES string of the molecule is O=C1CC(O)[C@@]2(O)[C@@H]3CCCC24c2c(ccc(O)c2OC14)C3. The number of carbonyl (C=O) groups is 1. The zero-order chi connectivity index (χ0) is 15.3. The van der Waals surface area contributed by atoms with E-state index in [1.165, 1.54) is 0 Å². The summed E-state index contributed by atoms with van der Waals surface area (Å²) in [6.45, 7) is 0. The summed E-state index contributed by atoms with van der Waals surface area (Å²) in [7, 11) is 0. The molecule has 5 rings (SSSR count). The molecule has 0 saturated heterocycles. The fourth-order valence-electron chi connectivity index (χ4n) is 5.70. The van der Waals surface area contributed by atoms with E-state index < -0.39 is 23.2 Å². The summed E-state index contributed by atoms with van der Waals surface area (Å²) in [5, 5.41) is 32.3. The molecule has 22 heavy (non-hydrogen) atoms. The number of aromatic hydroxyl groups is 1. The largest absolute Gasteiger partial charge is 0.504 e. The van der Waals surface area contributed by atoms with Gasteiger partial charge < -0.3 is 20.1 Å². The number of benzene rings is 1. The minimum atomic E-state index is -1.34. The molecule has 1 aromatic rings. The lowest BCUT2D eigenvalue weighted by Crippen LogP contribution is -2.75. The summed E-state index contributed by atoms with van der Waals surface area (Å²) < 4.78 is 5.86. The van der Waals surface area contributed by atoms with Crippen LogP contribution in [0.4, 0.5) is 0 Å². The van der Waals surface area contributed by atoms with Crippen LogP contribution in [0.1, 0.15) is 36.8 Å². The number of ketones is 1. The van der Waals surface area contributed by atoms with E-state index in [0.29, 0.717) is 18.6 Å². The van der Waals surface area contributed by atoms with E-state index in [9.17, 15) is 20.1 Å². The molecule has 3 aliphatic carbocycles. The fraction of sp³-hybridized carbons (Fsp3) is 0.588. The van der Waals surface area contributed by atoms with Crippen LogP contribution in [0.5, 0.6) is 11.5 Å². The van der Waals surface area contributed by atoms with E-state index in [0.717, 1.165) is 24.0 Å². The Labute approximate surface area is 127 Å². The van der Waals surface area contributed by atoms with Gasteiger partial charge in [-0.2, -0.15) is 0 Å². The summed E-state index contributed by atoms with van der Waals surface area (Å²) in [4.78, 5) is 12.5. The molecule has 5 heteroatoms. The maximum Gasteiger partial charge on any atom is 0.177 e. The van der Waals surface area contributed by atoms with Crippen LogP contribution in [0, 0.1) is 5.92 Å². The maximum atomic E-state index is 12.5. The monoisotopic (exact) mass is 302 g/mol. The second-order valence-corrected chi connectivity index (χ2v) is 7.22. The van der Waals surface area contributed by atoms with Crippen molar-refractivity contribution in [2.45, 2.75) is 55.3 Å². The molecule has 5 nitrogen and oxygen atoms in total. The van der Waals surface area contributed by atoms with E-state index >= 15 is 0 Å². The lowest BCUT2D eigenvalue weighted by molar-refractivity contribution is -0.219. The van der Waals surface area contributed by atoms with E-state index in [1.54, 1.807) is 6.07 Å². The second-order valence-electron chi connectivity index (χ2n) is 7.22. The zero-order valence-corrected chi connectivity index (χ0v) is 12.1. The lowest BCUT2D eigenvalue weighted by atomic mass is 9.45. The average molecular weight is 302 g/mol. The van der Waals surface area contributed by atoms with Crippen molar-refractivity contribution in [3.8, 4) is 11.5 Å². The second kappa shape index (κ2) is 3.66. The predicted octanol–water partition coefficient (Wildman–Crippen LogP) is 0.812. The number of ether oxygens (including phenoxy) is 1. The van der Waals surface area contributed by atoms with Crippen molar-refractivity contribution in [1.82, 2.24) is 0 Å². The van der Waals surface area contributed by atoms with Gasteiger partial charge in [0.1, 0.15) is 5.60 Å². The third kappa shape index (κ3) is 1.09. The summed E-state index contributed by atoms with van der Waals surface area (Å²) in [5.74, 6) is 0.0969. The molecule has 1 heterocycles. The number of aliphatic hydroxyl groups excluding tert-OH is 1. The first kappa shape index (κ1) is 12.9. The Morgan fingerprint density at radius 3 is 2.91 bits per heavy atom. The third-order valence-corrected chi connectivity index (χ3v) is 6.47. The quantitative estimate of drug-likeness (QED) is 0.660. The van der Waals surface area contributed by atoms with Gasteiger partial charge in [-0.1, -0.05) is 12.5 Å². The number of carbonyl (C=O) groups excluding carboxylic acids is 1. The molecule has 1 spiro atoms. The van der Waals surface area contributed by atoms with Crippen molar-refractivity contribution in [2.24, 2.45) is 5.92 Å². The fourth-order valence-corrected chi connectivity index (χ4v) is 5.70. The normalized spacial score (nSPS) is 44.5. The molecule has 2 fully saturated rings. The number of hydrogen-bond donors (Lipinski definition) is 3. The highest BCUT2D eigenvalue weighted by molar-refractivity contribution is 5.90. The van der Waals surface area contributed by atoms with Gasteiger partial charge in [0, 0.05) is 12.0 Å². The number of aliphatic hydroxyl groups is 2. The Morgan fingerprint density at radius 1 is 1.27 bits per heavy atom. The van der Waals surface area contributed by atoms with E-state index in [1.807, 2.05) is 6.07 Å². The molecular formula is C17H18O5. The van der Waals surface area contributed by atoms with E-state index in [4.69, 9.17) is 4.74 Å². The first-order valence-corrected chi connectivity index (χ1v) is 7.95. The van der Waals surface area contributed by atoms with Gasteiger partial charge >= 0.3 is 0 Å². The van der Waals surface area contributed by atoms with E-state index in [-0.39, 0.29) is 23.9 Å². The minimum Gasteiger partial charge on any atom is -0.504 e. The standard InChI is InChI=1S/C17H18O5/c18-10-4-3-8-6-9-2-1-5-16-13(8)14(10)22-15(16)11(19)7-12(20)17(9,16)21/h3-4,9,12,15,18,20-21H,1-2,5-7H2/t9-,12?,15?,16?,17+/m1/s1. The Bertz CT molecular complexity index is 713. The van der Waals surface area contributed by atoms with Crippen LogP contribution in [-0.2, 0) is 16.6 Å². The molecule has 2 saturated carbocycles. The van der Waals surface area contributed by atoms with Crippen LogP contribution in [0.3, 0.4) is 0 Å². The van der Waals surface area contributed by atoms with E-state index in [2.05, 4.69) is 0 Å². The first-order valence-electron chi connectivity index (χ1n) is 7.95. The Balaban J connectivity index is 1.90. The van der Waals surface area contributed by atoms with Crippen LogP contribution in [0.25, 0.3) is 0 Å². The molecule has 1 aromatic carbocycles. The van der Waals surface area contributed by atoms with Crippen molar-refractivity contribution >= 4 is 5.78 Å². The molecule has 5 atom stereocenters. The molecule has 3 N–H and O–H groups in total. The van der Waals surface area contributed by atoms with Crippen molar-refractivity contribution in [2.75, 3.05) is 0 Å². The van der Waals surface area contributed by atoms with Gasteiger partial charge in [0.2, 0.25) is 0 Å². The molecule has 0 amide bonds. The number of hydrogen-bond acceptors (Lipinski definition) is 5. The third-order valence-electron chi connectivity index (χ3n) is 6.47. The Hall–Kier alpha value is -1.59. The molecule has 1 aliphatic heterocycles. The summed E-state index contributed by atoms with van der Waals surface area (Å²) in [6, 6.07) is 3.47. The van der Waals surface area contributed by atoms with Gasteiger partial charge in [0.15, 0.2) is 23.4 Å². The number of Topliss-reactive ketones (excluding diaryl/α,β-unsaturated/α-hetero) is 1. The van der Waals surface area contributed by atoms with Gasteiger partial charge in [0.05, 0.1) is 11.5 Å². The molecule has 4 aliphatic rings. The van der Waals surface area contributed by atoms with Gasteiger partial charge in [-0.05, 0) is 36.8 Å². The predicted molar refractivity (Wildman–Crippen MR) is 75.8 cm³/mol. The number of phenols is 1. The molecule has 2 bridgehead atoms. The number of phenolic OH excluding ortho intramolecular Hbond substituents is 1. The van der Waals surface area contributed by atoms with Crippen LogP contribution < -0.4 is 4.74 Å². The van der Waals surface area contributed by atoms with Crippen LogP contribution >= 0.6 is 0 Å². The van der Waals surface area contributed by atoms with Gasteiger partial charge in [-0.3, -0.25) is 4.79 Å². The zero-order valence-electron chi connectivity index (χ0n) is 12.1. The minimum absolute atomic E-state index is 0.0104. The van der Waals surface area contributed by atoms with Crippen molar-refractivity contribution < 1.29 is 24.9 Å². The molecule has 3 unspecified atom stereocenters. The van der Waals surface area contributed by atoms with Crippen LogP contribution in [-0.4, -0.2) is 38.9 Å². The van der Waals surface area contributed by atoms with Crippen LogP contribution in [0.15, 0.2) is 12.1 Å². The average Bonchev–Trinajstić information content (AvgIpc) is 2.81. The molecule has 0 radical (unpaired) electrons. The van der Waals surface area contributed by atoms with Crippen molar-refractivity contribution in [1.29, 1.82) is 0 Å². The highest BCUT2D eigenvalue weighted by atomic mass is 16.5. The summed E-state index contributed by atoms with van der Waals surface area (Å²) >= 11 is 0. The van der Waals surface area contributed by atoms with Gasteiger partial charge in [0.25, 0.3) is 0 Å². The molecule has 0 aromatic heterocycles. The molecule has 116 valence electrons. The highest BCUT2D eigenvalue weighted by Gasteiger charge is 2.74. The summed E-state index contributed by atoms with van der Waals surface area (Å²) in [6.07, 6.45) is 1.06. The van der Waals surface area contributed by atoms with Gasteiger partial charge in [-0.15, -0.1) is 0 Å². The smallest absolute Gasteiger partial charge is 0.177 e. The molecular weight excluding hydrogens is 284 g/mol. The Kier molecular flexibility index (Phi) is 2.15. The van der Waals surface area contributed by atoms with Crippen molar-refractivity contribution in [3.63, 3.8) is 0 Å². The topological polar surface area (TPSA) is 87.0 Å². The Morgan fingerprint density at radius 2 is 2.09 bits per heavy atom. The first-order chi connectivity index (χ1) is 10.5. The van der Waals surface area contributed by atoms with Crippen LogP contribution in [0.2, 0.25) is 0 Å². The van der Waals surface area contributed by atoms with Crippen molar-refractivity contribution in [3.05, 3.63) is 23.3 Å². The maximum absolute atomic E-state index is 12.5. The lowest BCUT2D eigenvalue weighted by Gasteiger charge is -2.61.